The number of rotatable bonds is 5. The molecule has 8 nitrogen and oxygen atoms in total. The predicted molar refractivity (Wildman–Crippen MR) is 96.1 cm³/mol. The van der Waals surface area contributed by atoms with Crippen LogP contribution < -0.4 is 20.3 Å². The Morgan fingerprint density at radius 2 is 2.15 bits per heavy atom. The molecule has 3 rings (SSSR count). The van der Waals surface area contributed by atoms with E-state index in [4.69, 9.17) is 4.74 Å². The Balaban J connectivity index is 1.83. The quantitative estimate of drug-likeness (QED) is 0.807. The summed E-state index contributed by atoms with van der Waals surface area (Å²) in [6.07, 6.45) is 0.122. The molecule has 1 saturated heterocycles. The van der Waals surface area contributed by atoms with Gasteiger partial charge in [0.15, 0.2) is 6.10 Å². The fourth-order valence-electron chi connectivity index (χ4n) is 3.17. The van der Waals surface area contributed by atoms with Crippen molar-refractivity contribution in [3.8, 4) is 5.75 Å². The Morgan fingerprint density at radius 1 is 1.38 bits per heavy atom. The molecule has 26 heavy (non-hydrogen) atoms. The van der Waals surface area contributed by atoms with Crippen LogP contribution in [0, 0.1) is 0 Å². The van der Waals surface area contributed by atoms with Crippen molar-refractivity contribution in [3.63, 3.8) is 0 Å². The molecule has 0 spiro atoms. The van der Waals surface area contributed by atoms with E-state index >= 15 is 0 Å². The zero-order chi connectivity index (χ0) is 18.7. The largest absolute Gasteiger partial charge is 0.477 e. The highest BCUT2D eigenvalue weighted by molar-refractivity contribution is 6.00. The van der Waals surface area contributed by atoms with Gasteiger partial charge in [-0.25, -0.2) is 4.79 Å². The number of anilines is 1. The van der Waals surface area contributed by atoms with Gasteiger partial charge in [-0.15, -0.1) is 0 Å². The summed E-state index contributed by atoms with van der Waals surface area (Å²) in [7, 11) is 0. The van der Waals surface area contributed by atoms with Crippen LogP contribution in [0.3, 0.4) is 0 Å². The van der Waals surface area contributed by atoms with Crippen LogP contribution in [0.2, 0.25) is 0 Å². The van der Waals surface area contributed by atoms with Crippen LogP contribution in [0.4, 0.5) is 10.5 Å². The molecule has 0 unspecified atom stereocenters. The van der Waals surface area contributed by atoms with Crippen LogP contribution in [0.1, 0.15) is 20.3 Å². The van der Waals surface area contributed by atoms with Crippen LogP contribution in [0.15, 0.2) is 24.3 Å². The Hall–Kier alpha value is -2.77. The molecule has 0 aliphatic carbocycles. The van der Waals surface area contributed by atoms with E-state index in [9.17, 15) is 14.4 Å². The normalized spacial score (nSPS) is 20.1. The van der Waals surface area contributed by atoms with Gasteiger partial charge in [-0.05, 0) is 25.5 Å². The number of benzene rings is 1. The van der Waals surface area contributed by atoms with Gasteiger partial charge in [-0.3, -0.25) is 14.5 Å². The van der Waals surface area contributed by atoms with E-state index in [-0.39, 0.29) is 24.4 Å². The Bertz CT molecular complexity index is 708. The van der Waals surface area contributed by atoms with Gasteiger partial charge in [0.25, 0.3) is 11.8 Å². The summed E-state index contributed by atoms with van der Waals surface area (Å²) in [6.45, 7) is 5.35. The number of hydrogen-bond donors (Lipinski definition) is 2. The van der Waals surface area contributed by atoms with E-state index in [1.54, 1.807) is 13.0 Å². The molecule has 140 valence electrons. The number of carbonyl (C=O) groups is 3. The zero-order valence-electron chi connectivity index (χ0n) is 15.0. The number of carbonyl (C=O) groups excluding carboxylic acids is 3. The molecule has 4 amide bonds. The second-order valence-corrected chi connectivity index (χ2v) is 6.42. The van der Waals surface area contributed by atoms with Crippen molar-refractivity contribution in [2.24, 2.45) is 0 Å². The standard InChI is InChI=1S/C18H24N4O4/c1-3-8-19-16(23)15-11-22(13-6-4-5-7-14(13)26-15)12(2)17(24)21-10-9-20-18(21)25/h4-7,12,15H,3,8-11H2,1-2H3,(H,19,23)(H,20,25)/t12-,15+/m0/s1. The van der Waals surface area contributed by atoms with Gasteiger partial charge in [0.1, 0.15) is 11.8 Å². The topological polar surface area (TPSA) is 91.0 Å². The smallest absolute Gasteiger partial charge is 0.324 e. The van der Waals surface area contributed by atoms with Crippen molar-refractivity contribution in [2.45, 2.75) is 32.4 Å². The van der Waals surface area contributed by atoms with Gasteiger partial charge < -0.3 is 20.3 Å². The third-order valence-corrected chi connectivity index (χ3v) is 4.60. The van der Waals surface area contributed by atoms with Gasteiger partial charge >= 0.3 is 6.03 Å². The van der Waals surface area contributed by atoms with Crippen LogP contribution in [-0.2, 0) is 9.59 Å². The first-order valence-electron chi connectivity index (χ1n) is 8.92. The maximum atomic E-state index is 12.8. The second kappa shape index (κ2) is 7.63. The van der Waals surface area contributed by atoms with Gasteiger partial charge in [-0.1, -0.05) is 19.1 Å². The fourth-order valence-corrected chi connectivity index (χ4v) is 3.17. The lowest BCUT2D eigenvalue weighted by Gasteiger charge is -2.39. The Morgan fingerprint density at radius 3 is 2.85 bits per heavy atom. The van der Waals surface area contributed by atoms with Crippen LogP contribution >= 0.6 is 0 Å². The minimum absolute atomic E-state index is 0.204. The lowest BCUT2D eigenvalue weighted by molar-refractivity contribution is -0.130. The van der Waals surface area contributed by atoms with Crippen molar-refractivity contribution < 1.29 is 19.1 Å². The summed E-state index contributed by atoms with van der Waals surface area (Å²) in [5.41, 5.74) is 0.743. The Labute approximate surface area is 152 Å². The first-order chi connectivity index (χ1) is 12.5. The molecular weight excluding hydrogens is 336 g/mol. The highest BCUT2D eigenvalue weighted by Crippen LogP contribution is 2.34. The summed E-state index contributed by atoms with van der Waals surface area (Å²) < 4.78 is 5.84. The van der Waals surface area contributed by atoms with E-state index in [1.165, 1.54) is 4.90 Å². The summed E-state index contributed by atoms with van der Waals surface area (Å²) in [6, 6.07) is 6.34. The number of imide groups is 1. The number of urea groups is 1. The van der Waals surface area contributed by atoms with Gasteiger partial charge in [0.05, 0.1) is 12.2 Å². The fraction of sp³-hybridized carbons (Fsp3) is 0.500. The van der Waals surface area contributed by atoms with Crippen LogP contribution in [-0.4, -0.2) is 61.1 Å². The van der Waals surface area contributed by atoms with Gasteiger partial charge in [0, 0.05) is 19.6 Å². The second-order valence-electron chi connectivity index (χ2n) is 6.42. The molecule has 0 bridgehead atoms. The number of nitrogens with zero attached hydrogens (tertiary/aromatic N) is 2. The lowest BCUT2D eigenvalue weighted by atomic mass is 10.1. The molecule has 0 saturated carbocycles. The molecule has 2 aliphatic rings. The summed E-state index contributed by atoms with van der Waals surface area (Å²) in [4.78, 5) is 40.1. The summed E-state index contributed by atoms with van der Waals surface area (Å²) in [5, 5.41) is 5.47. The molecule has 2 heterocycles. The van der Waals surface area contributed by atoms with E-state index in [1.807, 2.05) is 30.0 Å². The zero-order valence-corrected chi connectivity index (χ0v) is 15.0. The monoisotopic (exact) mass is 360 g/mol. The van der Waals surface area contributed by atoms with Crippen molar-refractivity contribution in [1.82, 2.24) is 15.5 Å². The molecule has 1 aromatic carbocycles. The van der Waals surface area contributed by atoms with E-state index in [0.717, 1.165) is 12.1 Å². The third-order valence-electron chi connectivity index (χ3n) is 4.60. The SMILES string of the molecule is CCCNC(=O)[C@H]1CN([C@@H](C)C(=O)N2CCNC2=O)c2ccccc2O1. The molecule has 8 heteroatoms. The molecule has 2 N–H and O–H groups in total. The minimum Gasteiger partial charge on any atom is -0.477 e. The molecule has 2 aliphatic heterocycles. The van der Waals surface area contributed by atoms with Crippen molar-refractivity contribution in [1.29, 1.82) is 0 Å². The predicted octanol–water partition coefficient (Wildman–Crippen LogP) is 0.721. The Kier molecular flexibility index (Phi) is 5.29. The number of amides is 4. The summed E-state index contributed by atoms with van der Waals surface area (Å²) in [5.74, 6) is 0.0651. The number of para-hydroxylation sites is 2. The van der Waals surface area contributed by atoms with Crippen LogP contribution in [0.25, 0.3) is 0 Å². The average molecular weight is 360 g/mol. The van der Waals surface area contributed by atoms with Crippen molar-refractivity contribution in [3.05, 3.63) is 24.3 Å². The first-order valence-corrected chi connectivity index (χ1v) is 8.92. The van der Waals surface area contributed by atoms with Crippen molar-refractivity contribution >= 4 is 23.5 Å². The van der Waals surface area contributed by atoms with Crippen molar-refractivity contribution in [2.75, 3.05) is 31.1 Å². The first kappa shape index (κ1) is 18.0. The highest BCUT2D eigenvalue weighted by atomic mass is 16.5. The molecule has 1 fully saturated rings. The van der Waals surface area contributed by atoms with E-state index in [2.05, 4.69) is 10.6 Å². The average Bonchev–Trinajstić information content (AvgIpc) is 3.09. The van der Waals surface area contributed by atoms with E-state index < -0.39 is 12.1 Å². The number of nitrogens with one attached hydrogen (secondary N) is 2. The maximum Gasteiger partial charge on any atom is 0.324 e. The highest BCUT2D eigenvalue weighted by Gasteiger charge is 2.38. The summed E-state index contributed by atoms with van der Waals surface area (Å²) >= 11 is 0. The number of fused-ring (bicyclic) bond motifs is 1. The number of ether oxygens (including phenoxy) is 1. The maximum absolute atomic E-state index is 12.8. The third kappa shape index (κ3) is 3.44. The number of hydrogen-bond acceptors (Lipinski definition) is 5. The molecule has 1 aromatic rings. The van der Waals surface area contributed by atoms with Gasteiger partial charge in [-0.2, -0.15) is 0 Å². The molecule has 2 atom stereocenters. The molecule has 0 aromatic heterocycles. The van der Waals surface area contributed by atoms with E-state index in [0.29, 0.717) is 25.4 Å². The van der Waals surface area contributed by atoms with Crippen LogP contribution in [0.5, 0.6) is 5.75 Å². The molecule has 0 radical (unpaired) electrons. The van der Waals surface area contributed by atoms with Gasteiger partial charge in [0.2, 0.25) is 0 Å². The lowest BCUT2D eigenvalue weighted by Crippen LogP contribution is -2.55. The molecular formula is C18H24N4O4. The minimum atomic E-state index is -0.709.